The maximum Gasteiger partial charge on any atom is 0.0185 e. The molecule has 1 heterocycles. The molecule has 1 aromatic rings. The molecule has 1 aliphatic heterocycles. The van der Waals surface area contributed by atoms with Crippen molar-refractivity contribution >= 4 is 24.2 Å². The smallest absolute Gasteiger partial charge is 0.0185 e. The third-order valence-electron chi connectivity index (χ3n) is 2.84. The number of benzene rings is 1. The van der Waals surface area contributed by atoms with Crippen molar-refractivity contribution in [3.63, 3.8) is 0 Å². The number of hydrogen-bond acceptors (Lipinski definition) is 2. The minimum absolute atomic E-state index is 0. The van der Waals surface area contributed by atoms with E-state index in [9.17, 15) is 0 Å². The Bertz CT molecular complexity index is 273. The lowest BCUT2D eigenvalue weighted by Crippen LogP contribution is -2.35. The summed E-state index contributed by atoms with van der Waals surface area (Å²) in [6.07, 6.45) is 4.13. The monoisotopic (exact) mass is 257 g/mol. The van der Waals surface area contributed by atoms with Gasteiger partial charge in [0, 0.05) is 17.5 Å². The van der Waals surface area contributed by atoms with Crippen LogP contribution in [-0.4, -0.2) is 18.3 Å². The number of hydrogen-bond donors (Lipinski definition) is 1. The van der Waals surface area contributed by atoms with Gasteiger partial charge in [0.25, 0.3) is 0 Å². The molecule has 0 aromatic heterocycles. The second-order valence-electron chi connectivity index (χ2n) is 4.15. The van der Waals surface area contributed by atoms with E-state index in [0.29, 0.717) is 0 Å². The Labute approximate surface area is 109 Å². The van der Waals surface area contributed by atoms with Gasteiger partial charge in [-0.15, -0.1) is 12.4 Å². The van der Waals surface area contributed by atoms with Gasteiger partial charge in [-0.25, -0.2) is 0 Å². The number of nitrogens with one attached hydrogen (secondary N) is 1. The predicted octanol–water partition coefficient (Wildman–Crippen LogP) is 3.48. The third kappa shape index (κ3) is 4.77. The average molecular weight is 258 g/mol. The second kappa shape index (κ2) is 7.99. The average Bonchev–Trinajstić information content (AvgIpc) is 2.32. The molecular weight excluding hydrogens is 238 g/mol. The minimum Gasteiger partial charge on any atom is -0.313 e. The van der Waals surface area contributed by atoms with E-state index < -0.39 is 0 Å². The molecule has 90 valence electrons. The van der Waals surface area contributed by atoms with E-state index in [1.807, 2.05) is 0 Å². The van der Waals surface area contributed by atoms with Crippen LogP contribution in [0.3, 0.4) is 0 Å². The maximum atomic E-state index is 3.58. The van der Waals surface area contributed by atoms with Gasteiger partial charge in [0.2, 0.25) is 0 Å². The summed E-state index contributed by atoms with van der Waals surface area (Å²) in [6.45, 7) is 1.22. The van der Waals surface area contributed by atoms with Crippen molar-refractivity contribution in [2.75, 3.05) is 12.3 Å². The van der Waals surface area contributed by atoms with E-state index in [4.69, 9.17) is 0 Å². The van der Waals surface area contributed by atoms with Gasteiger partial charge >= 0.3 is 0 Å². The fourth-order valence-electron chi connectivity index (χ4n) is 1.96. The first-order valence-electron chi connectivity index (χ1n) is 5.80. The van der Waals surface area contributed by atoms with E-state index in [1.54, 1.807) is 0 Å². The number of thioether (sulfide) groups is 1. The Morgan fingerprint density at radius 3 is 2.69 bits per heavy atom. The first-order chi connectivity index (χ1) is 7.45. The molecule has 1 aromatic carbocycles. The van der Waals surface area contributed by atoms with Crippen molar-refractivity contribution in [2.24, 2.45) is 0 Å². The van der Waals surface area contributed by atoms with Crippen molar-refractivity contribution in [3.8, 4) is 0 Å². The SMILES string of the molecule is Cl.c1ccc(CSCC2CCCCN2)cc1. The molecule has 1 unspecified atom stereocenters. The van der Waals surface area contributed by atoms with Gasteiger partial charge in [-0.05, 0) is 24.9 Å². The molecule has 0 aliphatic carbocycles. The van der Waals surface area contributed by atoms with Crippen LogP contribution in [0.25, 0.3) is 0 Å². The lowest BCUT2D eigenvalue weighted by molar-refractivity contribution is 0.430. The highest BCUT2D eigenvalue weighted by Gasteiger charge is 2.11. The maximum absolute atomic E-state index is 3.58. The van der Waals surface area contributed by atoms with E-state index in [1.165, 1.54) is 37.1 Å². The first kappa shape index (κ1) is 13.9. The molecular formula is C13H20ClNS. The normalized spacial score (nSPS) is 20.1. The zero-order valence-electron chi connectivity index (χ0n) is 9.52. The lowest BCUT2D eigenvalue weighted by atomic mass is 10.1. The summed E-state index contributed by atoms with van der Waals surface area (Å²) in [5.74, 6) is 2.41. The largest absolute Gasteiger partial charge is 0.313 e. The van der Waals surface area contributed by atoms with Crippen LogP contribution >= 0.6 is 24.2 Å². The summed E-state index contributed by atoms with van der Waals surface area (Å²) >= 11 is 2.05. The van der Waals surface area contributed by atoms with Crippen molar-refractivity contribution in [2.45, 2.75) is 31.1 Å². The highest BCUT2D eigenvalue weighted by Crippen LogP contribution is 2.16. The van der Waals surface area contributed by atoms with Crippen LogP contribution in [0, 0.1) is 0 Å². The summed E-state index contributed by atoms with van der Waals surface area (Å²) in [6, 6.07) is 11.5. The summed E-state index contributed by atoms with van der Waals surface area (Å²) in [7, 11) is 0. The van der Waals surface area contributed by atoms with Crippen LogP contribution in [0.5, 0.6) is 0 Å². The quantitative estimate of drug-likeness (QED) is 0.886. The van der Waals surface area contributed by atoms with Crippen LogP contribution in [0.2, 0.25) is 0 Å². The van der Waals surface area contributed by atoms with Crippen molar-refractivity contribution < 1.29 is 0 Å². The highest BCUT2D eigenvalue weighted by molar-refractivity contribution is 7.98. The lowest BCUT2D eigenvalue weighted by Gasteiger charge is -2.22. The van der Waals surface area contributed by atoms with E-state index in [-0.39, 0.29) is 12.4 Å². The van der Waals surface area contributed by atoms with Crippen LogP contribution in [0.1, 0.15) is 24.8 Å². The van der Waals surface area contributed by atoms with Gasteiger partial charge in [0.15, 0.2) is 0 Å². The summed E-state index contributed by atoms with van der Waals surface area (Å²) in [5, 5.41) is 3.58. The molecule has 0 radical (unpaired) electrons. The molecule has 0 bridgehead atoms. The van der Waals surface area contributed by atoms with Crippen LogP contribution in [0.4, 0.5) is 0 Å². The molecule has 3 heteroatoms. The molecule has 0 spiro atoms. The Hall–Kier alpha value is -0.180. The predicted molar refractivity (Wildman–Crippen MR) is 75.5 cm³/mol. The van der Waals surface area contributed by atoms with Crippen molar-refractivity contribution in [1.29, 1.82) is 0 Å². The second-order valence-corrected chi connectivity index (χ2v) is 5.18. The Balaban J connectivity index is 0.00000128. The minimum atomic E-state index is 0. The molecule has 16 heavy (non-hydrogen) atoms. The number of rotatable bonds is 4. The molecule has 2 rings (SSSR count). The zero-order chi connectivity index (χ0) is 10.3. The van der Waals surface area contributed by atoms with E-state index in [0.717, 1.165) is 11.8 Å². The molecule has 0 saturated carbocycles. The molecule has 1 saturated heterocycles. The molecule has 0 amide bonds. The van der Waals surface area contributed by atoms with Gasteiger partial charge in [-0.1, -0.05) is 36.8 Å². The Morgan fingerprint density at radius 1 is 1.19 bits per heavy atom. The molecule has 1 atom stereocenters. The van der Waals surface area contributed by atoms with Crippen LogP contribution in [0.15, 0.2) is 30.3 Å². The number of halogens is 1. The van der Waals surface area contributed by atoms with Crippen LogP contribution < -0.4 is 5.32 Å². The van der Waals surface area contributed by atoms with Gasteiger partial charge in [-0.3, -0.25) is 0 Å². The highest BCUT2D eigenvalue weighted by atomic mass is 35.5. The molecule has 1 fully saturated rings. The van der Waals surface area contributed by atoms with Gasteiger partial charge < -0.3 is 5.32 Å². The fraction of sp³-hybridized carbons (Fsp3) is 0.538. The third-order valence-corrected chi connectivity index (χ3v) is 4.02. The molecule has 1 aliphatic rings. The number of piperidine rings is 1. The standard InChI is InChI=1S/C13H19NS.ClH/c1-2-6-12(7-3-1)10-15-11-13-8-4-5-9-14-13;/h1-3,6-7,13-14H,4-5,8-11H2;1H. The van der Waals surface area contributed by atoms with E-state index in [2.05, 4.69) is 47.4 Å². The van der Waals surface area contributed by atoms with Crippen LogP contribution in [-0.2, 0) is 5.75 Å². The Kier molecular flexibility index (Phi) is 6.93. The van der Waals surface area contributed by atoms with Gasteiger partial charge in [0.1, 0.15) is 0 Å². The fourth-order valence-corrected chi connectivity index (χ4v) is 3.07. The van der Waals surface area contributed by atoms with Crippen molar-refractivity contribution in [1.82, 2.24) is 5.32 Å². The summed E-state index contributed by atoms with van der Waals surface area (Å²) in [5.41, 5.74) is 1.44. The van der Waals surface area contributed by atoms with Crippen molar-refractivity contribution in [3.05, 3.63) is 35.9 Å². The Morgan fingerprint density at radius 2 is 2.00 bits per heavy atom. The summed E-state index contributed by atoms with van der Waals surface area (Å²) in [4.78, 5) is 0. The van der Waals surface area contributed by atoms with Gasteiger partial charge in [0.05, 0.1) is 0 Å². The molecule has 1 N–H and O–H groups in total. The zero-order valence-corrected chi connectivity index (χ0v) is 11.2. The van der Waals surface area contributed by atoms with Gasteiger partial charge in [-0.2, -0.15) is 11.8 Å². The first-order valence-corrected chi connectivity index (χ1v) is 6.96. The van der Waals surface area contributed by atoms with E-state index >= 15 is 0 Å². The molecule has 1 nitrogen and oxygen atoms in total. The summed E-state index contributed by atoms with van der Waals surface area (Å²) < 4.78 is 0. The topological polar surface area (TPSA) is 12.0 Å².